The van der Waals surface area contributed by atoms with Crippen molar-refractivity contribution >= 4 is 24.0 Å². The summed E-state index contributed by atoms with van der Waals surface area (Å²) in [4.78, 5) is 24.4. The fourth-order valence-electron chi connectivity index (χ4n) is 3.65. The Balaban J connectivity index is 0.00000272. The number of nitrogens with one attached hydrogen (secondary N) is 1. The van der Waals surface area contributed by atoms with Crippen molar-refractivity contribution in [3.8, 4) is 16.8 Å². The fraction of sp³-hybridized carbons (Fsp3) is 0.227. The molecule has 0 spiro atoms. The molecule has 3 N–H and O–H groups in total. The van der Waals surface area contributed by atoms with Crippen LogP contribution < -0.4 is 16.7 Å². The lowest BCUT2D eigenvalue weighted by Crippen LogP contribution is -2.26. The van der Waals surface area contributed by atoms with E-state index in [2.05, 4.69) is 16.5 Å². The Morgan fingerprint density at radius 1 is 1.23 bits per heavy atom. The number of fused-ring (bicyclic) bond motifs is 1. The highest BCUT2D eigenvalue weighted by Crippen LogP contribution is 2.32. The second kappa shape index (κ2) is 9.28. The molecule has 0 unspecified atom stereocenters. The molecule has 0 radical (unpaired) electrons. The summed E-state index contributed by atoms with van der Waals surface area (Å²) in [7, 11) is 0. The van der Waals surface area contributed by atoms with E-state index in [1.807, 2.05) is 37.3 Å². The van der Waals surface area contributed by atoms with E-state index in [0.717, 1.165) is 27.9 Å². The van der Waals surface area contributed by atoms with Gasteiger partial charge in [0.2, 0.25) is 5.91 Å². The highest BCUT2D eigenvalue weighted by Gasteiger charge is 2.18. The number of carbonyl (C=O) groups excluding carboxylic acids is 1. The van der Waals surface area contributed by atoms with Crippen LogP contribution in [0.4, 0.5) is 10.1 Å². The SMILES string of the molecule is Cc1cc(-c2cccc(-n3cnn(C/C(=C/F)CN)c3=O)c2)cc2c1NC(=O)CC2.Cl. The minimum Gasteiger partial charge on any atom is -0.327 e. The van der Waals surface area contributed by atoms with Crippen LogP contribution in [0.1, 0.15) is 17.5 Å². The average molecular weight is 444 g/mol. The first-order chi connectivity index (χ1) is 14.5. The number of amides is 1. The zero-order chi connectivity index (χ0) is 21.3. The molecule has 162 valence electrons. The third-order valence-corrected chi connectivity index (χ3v) is 5.26. The summed E-state index contributed by atoms with van der Waals surface area (Å²) >= 11 is 0. The summed E-state index contributed by atoms with van der Waals surface area (Å²) in [5.74, 6) is 0.0390. The van der Waals surface area contributed by atoms with Gasteiger partial charge in [-0.25, -0.2) is 18.4 Å². The van der Waals surface area contributed by atoms with E-state index in [1.165, 1.54) is 15.6 Å². The summed E-state index contributed by atoms with van der Waals surface area (Å²) in [6.07, 6.45) is 3.00. The Hall–Kier alpha value is -3.23. The molecule has 1 aromatic heterocycles. The first kappa shape index (κ1) is 22.5. The summed E-state index contributed by atoms with van der Waals surface area (Å²) < 4.78 is 15.4. The molecule has 7 nitrogen and oxygen atoms in total. The number of halogens is 2. The van der Waals surface area contributed by atoms with Gasteiger partial charge in [-0.2, -0.15) is 5.10 Å². The van der Waals surface area contributed by atoms with Gasteiger partial charge in [0, 0.05) is 18.7 Å². The molecule has 3 aromatic rings. The summed E-state index contributed by atoms with van der Waals surface area (Å²) in [6, 6.07) is 11.7. The number of rotatable bonds is 5. The van der Waals surface area contributed by atoms with Gasteiger partial charge in [-0.05, 0) is 65.4 Å². The molecule has 1 aliphatic rings. The highest BCUT2D eigenvalue weighted by atomic mass is 35.5. The monoisotopic (exact) mass is 443 g/mol. The number of hydrogen-bond acceptors (Lipinski definition) is 4. The van der Waals surface area contributed by atoms with Crippen molar-refractivity contribution in [2.75, 3.05) is 11.9 Å². The van der Waals surface area contributed by atoms with Gasteiger partial charge in [-0.15, -0.1) is 12.4 Å². The predicted molar refractivity (Wildman–Crippen MR) is 120 cm³/mol. The molecule has 2 aromatic carbocycles. The van der Waals surface area contributed by atoms with Crippen LogP contribution in [0.15, 0.2) is 59.4 Å². The molecule has 0 fully saturated rings. The van der Waals surface area contributed by atoms with Crippen molar-refractivity contribution < 1.29 is 9.18 Å². The van der Waals surface area contributed by atoms with Crippen molar-refractivity contribution in [3.05, 3.63) is 76.2 Å². The lowest BCUT2D eigenvalue weighted by molar-refractivity contribution is -0.116. The number of anilines is 1. The van der Waals surface area contributed by atoms with E-state index in [9.17, 15) is 14.0 Å². The molecule has 9 heteroatoms. The minimum absolute atomic E-state index is 0. The number of nitrogens with zero attached hydrogens (tertiary/aromatic N) is 3. The van der Waals surface area contributed by atoms with Crippen molar-refractivity contribution in [3.63, 3.8) is 0 Å². The molecular formula is C22H23ClFN5O2. The molecule has 0 aliphatic carbocycles. The van der Waals surface area contributed by atoms with Gasteiger partial charge in [0.1, 0.15) is 6.33 Å². The lowest BCUT2D eigenvalue weighted by Gasteiger charge is -2.20. The number of benzene rings is 2. The Morgan fingerprint density at radius 3 is 2.77 bits per heavy atom. The quantitative estimate of drug-likeness (QED) is 0.633. The summed E-state index contributed by atoms with van der Waals surface area (Å²) in [5.41, 5.74) is 11.0. The third kappa shape index (κ3) is 4.45. The molecule has 0 saturated heterocycles. The zero-order valence-electron chi connectivity index (χ0n) is 17.0. The van der Waals surface area contributed by atoms with Crippen LogP contribution in [0, 0.1) is 6.92 Å². The van der Waals surface area contributed by atoms with Gasteiger partial charge in [0.05, 0.1) is 18.6 Å². The van der Waals surface area contributed by atoms with Gasteiger partial charge in [0.15, 0.2) is 0 Å². The van der Waals surface area contributed by atoms with E-state index in [0.29, 0.717) is 24.9 Å². The highest BCUT2D eigenvalue weighted by molar-refractivity contribution is 5.95. The maximum atomic E-state index is 12.8. The lowest BCUT2D eigenvalue weighted by atomic mass is 9.93. The van der Waals surface area contributed by atoms with E-state index >= 15 is 0 Å². The van der Waals surface area contributed by atoms with Crippen LogP contribution in [0.25, 0.3) is 16.8 Å². The Morgan fingerprint density at radius 2 is 2.03 bits per heavy atom. The topological polar surface area (TPSA) is 94.9 Å². The first-order valence-corrected chi connectivity index (χ1v) is 9.67. The average Bonchev–Trinajstić information content (AvgIpc) is 3.12. The predicted octanol–water partition coefficient (Wildman–Crippen LogP) is 3.13. The molecule has 1 aliphatic heterocycles. The van der Waals surface area contributed by atoms with E-state index < -0.39 is 0 Å². The van der Waals surface area contributed by atoms with E-state index in [4.69, 9.17) is 5.73 Å². The maximum absolute atomic E-state index is 12.8. The van der Waals surface area contributed by atoms with Crippen molar-refractivity contribution in [1.29, 1.82) is 0 Å². The second-order valence-electron chi connectivity index (χ2n) is 7.34. The van der Waals surface area contributed by atoms with Crippen LogP contribution >= 0.6 is 12.4 Å². The molecule has 0 atom stereocenters. The van der Waals surface area contributed by atoms with E-state index in [-0.39, 0.29) is 42.7 Å². The fourth-order valence-corrected chi connectivity index (χ4v) is 3.65. The van der Waals surface area contributed by atoms with Crippen molar-refractivity contribution in [2.45, 2.75) is 26.3 Å². The number of carbonyl (C=O) groups is 1. The molecule has 0 saturated carbocycles. The Bertz CT molecular complexity index is 1210. The van der Waals surface area contributed by atoms with Crippen molar-refractivity contribution in [1.82, 2.24) is 14.3 Å². The number of aromatic nitrogens is 3. The number of aryl methyl sites for hydroxylation is 2. The van der Waals surface area contributed by atoms with Crippen molar-refractivity contribution in [2.24, 2.45) is 5.73 Å². The Kier molecular flexibility index (Phi) is 6.72. The largest absolute Gasteiger partial charge is 0.350 e. The number of nitrogens with two attached hydrogens (primary N) is 1. The van der Waals surface area contributed by atoms with E-state index in [1.54, 1.807) is 0 Å². The molecule has 31 heavy (non-hydrogen) atoms. The van der Waals surface area contributed by atoms with Crippen LogP contribution in [0.5, 0.6) is 0 Å². The van der Waals surface area contributed by atoms with Crippen LogP contribution in [0.2, 0.25) is 0 Å². The van der Waals surface area contributed by atoms with Gasteiger partial charge in [-0.1, -0.05) is 12.1 Å². The zero-order valence-corrected chi connectivity index (χ0v) is 17.8. The smallest absolute Gasteiger partial charge is 0.327 e. The first-order valence-electron chi connectivity index (χ1n) is 9.67. The van der Waals surface area contributed by atoms with Gasteiger partial charge >= 0.3 is 5.69 Å². The summed E-state index contributed by atoms with van der Waals surface area (Å²) in [5, 5.41) is 7.02. The molecular weight excluding hydrogens is 421 g/mol. The van der Waals surface area contributed by atoms with Crippen LogP contribution in [-0.2, 0) is 17.8 Å². The van der Waals surface area contributed by atoms with Crippen LogP contribution in [-0.4, -0.2) is 26.8 Å². The molecule has 0 bridgehead atoms. The Labute approximate surface area is 184 Å². The van der Waals surface area contributed by atoms with Gasteiger partial charge in [0.25, 0.3) is 0 Å². The molecule has 4 rings (SSSR count). The normalized spacial score (nSPS) is 13.4. The minimum atomic E-state index is -0.371. The van der Waals surface area contributed by atoms with Crippen LogP contribution in [0.3, 0.4) is 0 Å². The molecule has 2 heterocycles. The second-order valence-corrected chi connectivity index (χ2v) is 7.34. The maximum Gasteiger partial charge on any atom is 0.350 e. The van der Waals surface area contributed by atoms with Gasteiger partial charge in [-0.3, -0.25) is 4.79 Å². The van der Waals surface area contributed by atoms with Gasteiger partial charge < -0.3 is 11.1 Å². The standard InChI is InChI=1S/C22H22FN5O2.ClH/c1-14-7-18(8-17-5-6-20(29)26-21(14)17)16-3-2-4-19(9-16)27-13-25-28(22(27)30)12-15(10-23)11-24;/h2-4,7-10,13H,5-6,11-12,24H2,1H3,(H,26,29);1H/b15-10+;. The third-order valence-electron chi connectivity index (χ3n) is 5.26. The molecule has 1 amide bonds. The number of hydrogen-bond donors (Lipinski definition) is 2. The summed E-state index contributed by atoms with van der Waals surface area (Å²) in [6.45, 7) is 2.00.